The largest absolute Gasteiger partial charge is 0.497 e. The Balaban J connectivity index is 2.38. The van der Waals surface area contributed by atoms with Crippen molar-refractivity contribution in [3.8, 4) is 11.5 Å². The smallest absolute Gasteiger partial charge is 0.407 e. The van der Waals surface area contributed by atoms with Crippen LogP contribution in [-0.2, 0) is 16.1 Å². The molecule has 0 aromatic heterocycles. The van der Waals surface area contributed by atoms with E-state index in [1.807, 2.05) is 6.07 Å². The van der Waals surface area contributed by atoms with E-state index in [4.69, 9.17) is 14.2 Å². The van der Waals surface area contributed by atoms with E-state index in [1.54, 1.807) is 47.1 Å². The Kier molecular flexibility index (Phi) is 7.35. The third-order valence-corrected chi connectivity index (χ3v) is 2.99. The van der Waals surface area contributed by atoms with Crippen LogP contribution >= 0.6 is 0 Å². The van der Waals surface area contributed by atoms with E-state index in [-0.39, 0.29) is 18.9 Å². The predicted molar refractivity (Wildman–Crippen MR) is 90.2 cm³/mol. The van der Waals surface area contributed by atoms with Crippen molar-refractivity contribution in [3.05, 3.63) is 23.8 Å². The lowest BCUT2D eigenvalue weighted by Crippen LogP contribution is -2.35. The molecule has 2 amide bonds. The minimum absolute atomic E-state index is 0.164. The van der Waals surface area contributed by atoms with E-state index in [1.165, 1.54) is 0 Å². The van der Waals surface area contributed by atoms with Crippen LogP contribution in [0.2, 0.25) is 0 Å². The molecule has 0 atom stereocenters. The monoisotopic (exact) mass is 338 g/mol. The van der Waals surface area contributed by atoms with Crippen LogP contribution in [0.3, 0.4) is 0 Å². The van der Waals surface area contributed by atoms with Gasteiger partial charge in [0.15, 0.2) is 0 Å². The average molecular weight is 338 g/mol. The Labute approximate surface area is 142 Å². The fourth-order valence-electron chi connectivity index (χ4n) is 1.87. The number of carbonyl (C=O) groups is 2. The maximum atomic E-state index is 11.8. The van der Waals surface area contributed by atoms with Gasteiger partial charge in [-0.15, -0.1) is 0 Å². The molecule has 0 aliphatic heterocycles. The first kappa shape index (κ1) is 19.6. The van der Waals surface area contributed by atoms with Gasteiger partial charge in [0.05, 0.1) is 14.2 Å². The van der Waals surface area contributed by atoms with Gasteiger partial charge in [-0.2, -0.15) is 0 Å². The van der Waals surface area contributed by atoms with Crippen molar-refractivity contribution in [1.82, 2.24) is 10.6 Å². The normalized spacial score (nSPS) is 10.7. The number of ether oxygens (including phenoxy) is 3. The first-order valence-corrected chi connectivity index (χ1v) is 7.69. The Hall–Kier alpha value is -2.44. The third kappa shape index (κ3) is 7.21. The second-order valence-electron chi connectivity index (χ2n) is 6.13. The fraction of sp³-hybridized carbons (Fsp3) is 0.529. The maximum Gasteiger partial charge on any atom is 0.407 e. The lowest BCUT2D eigenvalue weighted by atomic mass is 10.2. The van der Waals surface area contributed by atoms with Gasteiger partial charge in [-0.05, 0) is 32.9 Å². The maximum absolute atomic E-state index is 11.8. The molecule has 0 saturated carbocycles. The van der Waals surface area contributed by atoms with E-state index in [0.29, 0.717) is 18.0 Å². The lowest BCUT2D eigenvalue weighted by molar-refractivity contribution is -0.121. The molecule has 0 bridgehead atoms. The highest BCUT2D eigenvalue weighted by atomic mass is 16.6. The Morgan fingerprint density at radius 1 is 1.08 bits per heavy atom. The molecule has 7 heteroatoms. The molecule has 0 radical (unpaired) electrons. The molecule has 7 nitrogen and oxygen atoms in total. The second-order valence-corrected chi connectivity index (χ2v) is 6.13. The second kappa shape index (κ2) is 9.00. The Morgan fingerprint density at radius 3 is 2.38 bits per heavy atom. The quantitative estimate of drug-likeness (QED) is 0.796. The number of hydrogen-bond donors (Lipinski definition) is 2. The molecule has 0 unspecified atom stereocenters. The molecule has 134 valence electrons. The first-order chi connectivity index (χ1) is 11.2. The first-order valence-electron chi connectivity index (χ1n) is 7.69. The number of nitrogens with one attached hydrogen (secondary N) is 2. The predicted octanol–water partition coefficient (Wildman–Crippen LogP) is 2.23. The Bertz CT molecular complexity index is 567. The topological polar surface area (TPSA) is 85.9 Å². The molecule has 1 aromatic rings. The van der Waals surface area contributed by atoms with Crippen LogP contribution < -0.4 is 20.1 Å². The Morgan fingerprint density at radius 2 is 1.79 bits per heavy atom. The molecule has 0 spiro atoms. The number of rotatable bonds is 7. The molecule has 0 aliphatic carbocycles. The van der Waals surface area contributed by atoms with Crippen molar-refractivity contribution in [2.24, 2.45) is 0 Å². The van der Waals surface area contributed by atoms with Crippen molar-refractivity contribution >= 4 is 12.0 Å². The van der Waals surface area contributed by atoms with Gasteiger partial charge in [0.25, 0.3) is 0 Å². The zero-order chi connectivity index (χ0) is 18.2. The fourth-order valence-corrected chi connectivity index (χ4v) is 1.87. The van der Waals surface area contributed by atoms with Crippen molar-refractivity contribution < 1.29 is 23.8 Å². The van der Waals surface area contributed by atoms with Crippen LogP contribution in [0.25, 0.3) is 0 Å². The molecule has 0 heterocycles. The van der Waals surface area contributed by atoms with Gasteiger partial charge in [0, 0.05) is 31.1 Å². The zero-order valence-corrected chi connectivity index (χ0v) is 14.9. The van der Waals surface area contributed by atoms with Gasteiger partial charge in [0.2, 0.25) is 5.91 Å². The summed E-state index contributed by atoms with van der Waals surface area (Å²) >= 11 is 0. The minimum atomic E-state index is -0.558. The van der Waals surface area contributed by atoms with Gasteiger partial charge in [-0.1, -0.05) is 0 Å². The van der Waals surface area contributed by atoms with Gasteiger partial charge in [-0.25, -0.2) is 4.79 Å². The van der Waals surface area contributed by atoms with E-state index >= 15 is 0 Å². The van der Waals surface area contributed by atoms with E-state index in [9.17, 15) is 9.59 Å². The summed E-state index contributed by atoms with van der Waals surface area (Å²) in [6, 6.07) is 5.39. The van der Waals surface area contributed by atoms with Crippen molar-refractivity contribution in [2.75, 3.05) is 20.8 Å². The van der Waals surface area contributed by atoms with Crippen molar-refractivity contribution in [2.45, 2.75) is 39.3 Å². The standard InChI is InChI=1S/C17H26N2O5/c1-17(2,3)24-16(21)18-9-8-15(20)19-11-12-6-7-13(22-4)10-14(12)23-5/h6-7,10H,8-9,11H2,1-5H3,(H,18,21)(H,19,20). The number of alkyl carbamates (subject to hydrolysis) is 1. The molecule has 1 rings (SSSR count). The molecular weight excluding hydrogens is 312 g/mol. The van der Waals surface area contributed by atoms with E-state index in [2.05, 4.69) is 10.6 Å². The summed E-state index contributed by atoms with van der Waals surface area (Å²) in [5.41, 5.74) is 0.281. The highest BCUT2D eigenvalue weighted by molar-refractivity contribution is 5.77. The van der Waals surface area contributed by atoms with Crippen LogP contribution in [0.5, 0.6) is 11.5 Å². The highest BCUT2D eigenvalue weighted by Gasteiger charge is 2.16. The van der Waals surface area contributed by atoms with Crippen LogP contribution in [0.1, 0.15) is 32.8 Å². The number of carbonyl (C=O) groups excluding carboxylic acids is 2. The van der Waals surface area contributed by atoms with Gasteiger partial charge < -0.3 is 24.8 Å². The highest BCUT2D eigenvalue weighted by Crippen LogP contribution is 2.24. The summed E-state index contributed by atoms with van der Waals surface area (Å²) in [5.74, 6) is 1.15. The summed E-state index contributed by atoms with van der Waals surface area (Å²) in [6.45, 7) is 5.88. The third-order valence-electron chi connectivity index (χ3n) is 2.99. The molecule has 0 fully saturated rings. The summed E-state index contributed by atoms with van der Waals surface area (Å²) in [5, 5.41) is 5.32. The van der Waals surface area contributed by atoms with E-state index in [0.717, 1.165) is 5.56 Å². The molecule has 0 aliphatic rings. The lowest BCUT2D eigenvalue weighted by Gasteiger charge is -2.19. The number of amides is 2. The van der Waals surface area contributed by atoms with Crippen LogP contribution in [0.4, 0.5) is 4.79 Å². The number of hydrogen-bond acceptors (Lipinski definition) is 5. The average Bonchev–Trinajstić information content (AvgIpc) is 2.50. The van der Waals surface area contributed by atoms with Crippen LogP contribution in [0.15, 0.2) is 18.2 Å². The summed E-state index contributed by atoms with van der Waals surface area (Å²) in [7, 11) is 3.14. The minimum Gasteiger partial charge on any atom is -0.497 e. The molecule has 1 aromatic carbocycles. The molecular formula is C17H26N2O5. The SMILES string of the molecule is COc1ccc(CNC(=O)CCNC(=O)OC(C)(C)C)c(OC)c1. The molecule has 0 saturated heterocycles. The zero-order valence-electron chi connectivity index (χ0n) is 14.9. The number of benzene rings is 1. The summed E-state index contributed by atoms with van der Waals surface area (Å²) in [4.78, 5) is 23.3. The molecule has 24 heavy (non-hydrogen) atoms. The van der Waals surface area contributed by atoms with Crippen molar-refractivity contribution in [3.63, 3.8) is 0 Å². The van der Waals surface area contributed by atoms with Gasteiger partial charge in [0.1, 0.15) is 17.1 Å². The van der Waals surface area contributed by atoms with Crippen LogP contribution in [0, 0.1) is 0 Å². The van der Waals surface area contributed by atoms with Gasteiger partial charge >= 0.3 is 6.09 Å². The number of methoxy groups -OCH3 is 2. The summed E-state index contributed by atoms with van der Waals surface area (Å²) in [6.07, 6.45) is -0.371. The summed E-state index contributed by atoms with van der Waals surface area (Å²) < 4.78 is 15.5. The van der Waals surface area contributed by atoms with Crippen LogP contribution in [-0.4, -0.2) is 38.4 Å². The molecule has 2 N–H and O–H groups in total. The van der Waals surface area contributed by atoms with Gasteiger partial charge in [-0.3, -0.25) is 4.79 Å². The van der Waals surface area contributed by atoms with Crippen molar-refractivity contribution in [1.29, 1.82) is 0 Å². The van der Waals surface area contributed by atoms with E-state index < -0.39 is 11.7 Å².